The third-order valence-corrected chi connectivity index (χ3v) is 3.10. The topological polar surface area (TPSA) is 40.5 Å². The zero-order valence-corrected chi connectivity index (χ0v) is 13.0. The number of hydrogen-bond acceptors (Lipinski definition) is 2. The van der Waals surface area contributed by atoms with E-state index in [-0.39, 0.29) is 0 Å². The Morgan fingerprint density at radius 2 is 1.56 bits per heavy atom. The predicted molar refractivity (Wildman–Crippen MR) is 76.8 cm³/mol. The molecule has 108 valence electrons. The minimum atomic E-state index is -0.693. The fourth-order valence-electron chi connectivity index (χ4n) is 2.14. The molecule has 0 atom stereocenters. The lowest BCUT2D eigenvalue weighted by atomic mass is 9.88. The van der Waals surface area contributed by atoms with E-state index in [0.717, 1.165) is 32.5 Å². The van der Waals surface area contributed by atoms with Crippen LogP contribution in [0.2, 0.25) is 0 Å². The first-order chi connectivity index (χ1) is 8.15. The van der Waals surface area contributed by atoms with Gasteiger partial charge in [0.05, 0.1) is 5.41 Å². The van der Waals surface area contributed by atoms with E-state index in [1.54, 1.807) is 0 Å². The average Bonchev–Trinajstić information content (AvgIpc) is 2.14. The minimum Gasteiger partial charge on any atom is -0.481 e. The Hall–Kier alpha value is -0.570. The highest BCUT2D eigenvalue weighted by Crippen LogP contribution is 2.22. The van der Waals surface area contributed by atoms with Gasteiger partial charge in [-0.15, -0.1) is 0 Å². The molecule has 0 aromatic rings. The summed E-state index contributed by atoms with van der Waals surface area (Å²) in [5.41, 5.74) is -0.596. The third kappa shape index (κ3) is 7.70. The van der Waals surface area contributed by atoms with Gasteiger partial charge >= 0.3 is 5.97 Å². The van der Waals surface area contributed by atoms with Crippen LogP contribution in [0.4, 0.5) is 0 Å². The highest BCUT2D eigenvalue weighted by Gasteiger charge is 2.26. The molecule has 0 saturated heterocycles. The van der Waals surface area contributed by atoms with Gasteiger partial charge < -0.3 is 10.0 Å². The number of rotatable bonds is 9. The van der Waals surface area contributed by atoms with E-state index in [2.05, 4.69) is 32.6 Å². The van der Waals surface area contributed by atoms with Crippen LogP contribution in [0, 0.1) is 17.3 Å². The molecule has 0 radical (unpaired) electrons. The highest BCUT2D eigenvalue weighted by molar-refractivity contribution is 5.73. The molecule has 3 heteroatoms. The zero-order valence-electron chi connectivity index (χ0n) is 13.0. The van der Waals surface area contributed by atoms with Crippen LogP contribution in [0.25, 0.3) is 0 Å². The summed E-state index contributed by atoms with van der Waals surface area (Å²) >= 11 is 0. The summed E-state index contributed by atoms with van der Waals surface area (Å²) in [4.78, 5) is 13.5. The summed E-state index contributed by atoms with van der Waals surface area (Å²) in [6.45, 7) is 15.8. The molecule has 0 rings (SSSR count). The lowest BCUT2D eigenvalue weighted by Gasteiger charge is -2.27. The van der Waals surface area contributed by atoms with Crippen LogP contribution in [0.15, 0.2) is 0 Å². The monoisotopic (exact) mass is 257 g/mol. The van der Waals surface area contributed by atoms with Crippen molar-refractivity contribution in [3.05, 3.63) is 0 Å². The smallest absolute Gasteiger partial charge is 0.309 e. The normalized spacial score (nSPS) is 12.7. The molecule has 0 heterocycles. The molecule has 0 aromatic carbocycles. The summed E-state index contributed by atoms with van der Waals surface area (Å²) in [5.74, 6) is 0.634. The van der Waals surface area contributed by atoms with E-state index in [9.17, 15) is 4.79 Å². The quantitative estimate of drug-likeness (QED) is 0.687. The van der Waals surface area contributed by atoms with Crippen molar-refractivity contribution in [2.45, 2.75) is 54.4 Å². The molecule has 3 nitrogen and oxygen atoms in total. The number of aliphatic carboxylic acids is 1. The molecule has 0 aromatic heterocycles. The van der Waals surface area contributed by atoms with Crippen molar-refractivity contribution in [2.24, 2.45) is 17.3 Å². The molecular weight excluding hydrogens is 226 g/mol. The van der Waals surface area contributed by atoms with Crippen molar-refractivity contribution >= 4 is 5.97 Å². The SMILES string of the molecule is CC(C)CN(CCCC(C)(C)C(=O)O)CC(C)C. The first-order valence-electron chi connectivity index (χ1n) is 7.11. The van der Waals surface area contributed by atoms with Crippen molar-refractivity contribution in [3.63, 3.8) is 0 Å². The Kier molecular flexibility index (Phi) is 7.53. The summed E-state index contributed by atoms with van der Waals surface area (Å²) < 4.78 is 0. The van der Waals surface area contributed by atoms with Gasteiger partial charge in [0.15, 0.2) is 0 Å². The summed E-state index contributed by atoms with van der Waals surface area (Å²) in [6.07, 6.45) is 1.70. The van der Waals surface area contributed by atoms with Gasteiger partial charge in [-0.2, -0.15) is 0 Å². The van der Waals surface area contributed by atoms with Crippen molar-refractivity contribution in [2.75, 3.05) is 19.6 Å². The van der Waals surface area contributed by atoms with Crippen LogP contribution in [-0.4, -0.2) is 35.6 Å². The van der Waals surface area contributed by atoms with Crippen LogP contribution in [0.3, 0.4) is 0 Å². The molecule has 0 aliphatic heterocycles. The minimum absolute atomic E-state index is 0.596. The molecule has 18 heavy (non-hydrogen) atoms. The Morgan fingerprint density at radius 1 is 1.11 bits per heavy atom. The fourth-order valence-corrected chi connectivity index (χ4v) is 2.14. The van der Waals surface area contributed by atoms with E-state index >= 15 is 0 Å². The van der Waals surface area contributed by atoms with E-state index in [1.165, 1.54) is 0 Å². The van der Waals surface area contributed by atoms with Gasteiger partial charge in [-0.05, 0) is 45.1 Å². The zero-order chi connectivity index (χ0) is 14.3. The van der Waals surface area contributed by atoms with Gasteiger partial charge in [-0.25, -0.2) is 0 Å². The van der Waals surface area contributed by atoms with Crippen LogP contribution in [0.5, 0.6) is 0 Å². The summed E-state index contributed by atoms with van der Waals surface area (Å²) in [6, 6.07) is 0. The molecule has 0 bridgehead atoms. The number of hydrogen-bond donors (Lipinski definition) is 1. The lowest BCUT2D eigenvalue weighted by Crippen LogP contribution is -2.33. The van der Waals surface area contributed by atoms with Crippen molar-refractivity contribution in [1.82, 2.24) is 4.90 Å². The van der Waals surface area contributed by atoms with Crippen LogP contribution < -0.4 is 0 Å². The maximum absolute atomic E-state index is 11.0. The summed E-state index contributed by atoms with van der Waals surface area (Å²) in [7, 11) is 0. The number of carboxylic acid groups (broad SMARTS) is 1. The highest BCUT2D eigenvalue weighted by atomic mass is 16.4. The van der Waals surface area contributed by atoms with Crippen molar-refractivity contribution in [3.8, 4) is 0 Å². The first kappa shape index (κ1) is 17.4. The molecule has 0 saturated carbocycles. The Labute approximate surface area is 113 Å². The molecule has 0 amide bonds. The van der Waals surface area contributed by atoms with Crippen LogP contribution >= 0.6 is 0 Å². The molecule has 0 aliphatic carbocycles. The van der Waals surface area contributed by atoms with Gasteiger partial charge in [0.1, 0.15) is 0 Å². The van der Waals surface area contributed by atoms with Crippen molar-refractivity contribution in [1.29, 1.82) is 0 Å². The molecule has 0 fully saturated rings. The van der Waals surface area contributed by atoms with Gasteiger partial charge in [0.25, 0.3) is 0 Å². The van der Waals surface area contributed by atoms with Gasteiger partial charge in [-0.3, -0.25) is 4.79 Å². The van der Waals surface area contributed by atoms with E-state index in [4.69, 9.17) is 5.11 Å². The van der Waals surface area contributed by atoms with E-state index in [0.29, 0.717) is 11.8 Å². The second-order valence-corrected chi connectivity index (χ2v) is 6.84. The van der Waals surface area contributed by atoms with E-state index < -0.39 is 11.4 Å². The molecule has 0 aliphatic rings. The molecule has 0 spiro atoms. The Morgan fingerprint density at radius 3 is 1.89 bits per heavy atom. The molecule has 0 unspecified atom stereocenters. The fraction of sp³-hybridized carbons (Fsp3) is 0.933. The maximum atomic E-state index is 11.0. The Bertz CT molecular complexity index is 237. The average molecular weight is 257 g/mol. The number of carbonyl (C=O) groups is 1. The Balaban J connectivity index is 4.14. The largest absolute Gasteiger partial charge is 0.481 e. The number of carboxylic acids is 1. The van der Waals surface area contributed by atoms with Gasteiger partial charge in [0.2, 0.25) is 0 Å². The number of nitrogens with zero attached hydrogens (tertiary/aromatic N) is 1. The first-order valence-corrected chi connectivity index (χ1v) is 7.11. The third-order valence-electron chi connectivity index (χ3n) is 3.10. The van der Waals surface area contributed by atoms with Gasteiger partial charge in [-0.1, -0.05) is 27.7 Å². The van der Waals surface area contributed by atoms with E-state index in [1.807, 2.05) is 13.8 Å². The molecule has 1 N–H and O–H groups in total. The second kappa shape index (κ2) is 7.78. The van der Waals surface area contributed by atoms with Crippen LogP contribution in [0.1, 0.15) is 54.4 Å². The summed E-state index contributed by atoms with van der Waals surface area (Å²) in [5, 5.41) is 9.08. The second-order valence-electron chi connectivity index (χ2n) is 6.84. The maximum Gasteiger partial charge on any atom is 0.309 e. The predicted octanol–water partition coefficient (Wildman–Crippen LogP) is 3.49. The van der Waals surface area contributed by atoms with Crippen molar-refractivity contribution < 1.29 is 9.90 Å². The van der Waals surface area contributed by atoms with Gasteiger partial charge in [0, 0.05) is 13.1 Å². The van der Waals surface area contributed by atoms with Crippen LogP contribution in [-0.2, 0) is 4.79 Å². The molecular formula is C15H31NO2. The lowest BCUT2D eigenvalue weighted by molar-refractivity contribution is -0.147. The standard InChI is InChI=1S/C15H31NO2/c1-12(2)10-16(11-13(3)4)9-7-8-15(5,6)14(17)18/h12-13H,7-11H2,1-6H3,(H,17,18).